The average Bonchev–Trinajstić information content (AvgIpc) is 3.28. The number of rotatable bonds is 3. The predicted molar refractivity (Wildman–Crippen MR) is 139 cm³/mol. The monoisotopic (exact) mass is 506 g/mol. The molecule has 4 aromatic rings. The van der Waals surface area contributed by atoms with Crippen LogP contribution in [0.25, 0.3) is 21.9 Å². The first kappa shape index (κ1) is 24.2. The lowest BCUT2D eigenvalue weighted by atomic mass is 9.71. The molecule has 1 fully saturated rings. The molecule has 1 N–H and O–H groups in total. The summed E-state index contributed by atoms with van der Waals surface area (Å²) in [5.41, 5.74) is 2.64. The SMILES string of the molecule is Cc1ccc(S(=O)(=O)n2ccc3c4c(C5CCCN(C(=O)O)C5C(C)(C)C)ccnc4cnc32)cc1. The highest BCUT2D eigenvalue weighted by Crippen LogP contribution is 2.44. The van der Waals surface area contributed by atoms with E-state index in [1.54, 1.807) is 47.6 Å². The molecule has 5 rings (SSSR count). The van der Waals surface area contributed by atoms with Gasteiger partial charge in [0.25, 0.3) is 10.0 Å². The van der Waals surface area contributed by atoms with Crippen LogP contribution in [-0.4, -0.2) is 51.0 Å². The maximum Gasteiger partial charge on any atom is 0.407 e. The summed E-state index contributed by atoms with van der Waals surface area (Å²) in [6, 6.07) is 10.2. The van der Waals surface area contributed by atoms with Crippen molar-refractivity contribution in [1.82, 2.24) is 18.8 Å². The minimum atomic E-state index is -3.85. The van der Waals surface area contributed by atoms with Crippen LogP contribution in [0.3, 0.4) is 0 Å². The molecule has 1 aliphatic heterocycles. The fourth-order valence-electron chi connectivity index (χ4n) is 5.67. The van der Waals surface area contributed by atoms with Gasteiger partial charge in [-0.2, -0.15) is 0 Å². The van der Waals surface area contributed by atoms with Crippen LogP contribution in [0.15, 0.2) is 59.9 Å². The highest BCUT2D eigenvalue weighted by atomic mass is 32.2. The van der Waals surface area contributed by atoms with Crippen LogP contribution >= 0.6 is 0 Å². The van der Waals surface area contributed by atoms with Gasteiger partial charge in [-0.3, -0.25) is 4.98 Å². The molecule has 4 heterocycles. The van der Waals surface area contributed by atoms with Gasteiger partial charge in [0.15, 0.2) is 5.65 Å². The van der Waals surface area contributed by atoms with Gasteiger partial charge in [-0.15, -0.1) is 0 Å². The second-order valence-corrected chi connectivity index (χ2v) is 12.4. The lowest BCUT2D eigenvalue weighted by molar-refractivity contribution is 0.0460. The fourth-order valence-corrected chi connectivity index (χ4v) is 6.97. The number of fused-ring (bicyclic) bond motifs is 3. The van der Waals surface area contributed by atoms with E-state index in [-0.39, 0.29) is 22.3 Å². The Bertz CT molecular complexity index is 1570. The van der Waals surface area contributed by atoms with Crippen molar-refractivity contribution in [2.24, 2.45) is 5.41 Å². The Morgan fingerprint density at radius 2 is 1.81 bits per heavy atom. The molecule has 1 amide bonds. The van der Waals surface area contributed by atoms with Crippen molar-refractivity contribution >= 4 is 38.1 Å². The summed E-state index contributed by atoms with van der Waals surface area (Å²) >= 11 is 0. The van der Waals surface area contributed by atoms with Gasteiger partial charge in [-0.05, 0) is 55.0 Å². The third-order valence-corrected chi connectivity index (χ3v) is 8.84. The normalized spacial score (nSPS) is 19.2. The Hall–Kier alpha value is -3.46. The van der Waals surface area contributed by atoms with Crippen molar-refractivity contribution in [3.63, 3.8) is 0 Å². The molecule has 1 saturated heterocycles. The average molecular weight is 507 g/mol. The zero-order valence-electron chi connectivity index (χ0n) is 20.8. The molecule has 9 heteroatoms. The topological polar surface area (TPSA) is 105 Å². The van der Waals surface area contributed by atoms with Crippen LogP contribution in [0.5, 0.6) is 0 Å². The molecular weight excluding hydrogens is 476 g/mol. The number of aryl methyl sites for hydroxylation is 1. The molecule has 0 saturated carbocycles. The van der Waals surface area contributed by atoms with Crippen molar-refractivity contribution < 1.29 is 18.3 Å². The number of hydrogen-bond acceptors (Lipinski definition) is 5. The van der Waals surface area contributed by atoms with Crippen molar-refractivity contribution in [2.45, 2.75) is 57.4 Å². The van der Waals surface area contributed by atoms with Crippen LogP contribution in [-0.2, 0) is 10.0 Å². The third-order valence-electron chi connectivity index (χ3n) is 7.16. The molecule has 0 bridgehead atoms. The van der Waals surface area contributed by atoms with Crippen LogP contribution in [0.4, 0.5) is 4.79 Å². The summed E-state index contributed by atoms with van der Waals surface area (Å²) in [6.45, 7) is 8.61. The van der Waals surface area contributed by atoms with Gasteiger partial charge in [0.1, 0.15) is 0 Å². The predicted octanol–water partition coefficient (Wildman–Crippen LogP) is 5.40. The quantitative estimate of drug-likeness (QED) is 0.399. The molecule has 36 heavy (non-hydrogen) atoms. The van der Waals surface area contributed by atoms with Gasteiger partial charge in [-0.1, -0.05) is 38.5 Å². The van der Waals surface area contributed by atoms with Crippen LogP contribution < -0.4 is 0 Å². The number of piperidine rings is 1. The molecule has 1 aliphatic rings. The Morgan fingerprint density at radius 1 is 1.08 bits per heavy atom. The maximum atomic E-state index is 13.5. The number of likely N-dealkylation sites (tertiary alicyclic amines) is 1. The smallest absolute Gasteiger partial charge is 0.407 e. The van der Waals surface area contributed by atoms with Crippen molar-refractivity contribution in [3.8, 4) is 0 Å². The second kappa shape index (κ2) is 8.58. The Kier molecular flexibility index (Phi) is 5.78. The van der Waals surface area contributed by atoms with Crippen LogP contribution in [0.1, 0.15) is 50.7 Å². The number of pyridine rings is 2. The lowest BCUT2D eigenvalue weighted by Crippen LogP contribution is -2.53. The largest absolute Gasteiger partial charge is 0.465 e. The molecular formula is C27H30N4O4S. The van der Waals surface area contributed by atoms with E-state index in [0.717, 1.165) is 29.4 Å². The van der Waals surface area contributed by atoms with Gasteiger partial charge in [0.05, 0.1) is 16.6 Å². The number of carboxylic acid groups (broad SMARTS) is 1. The summed E-state index contributed by atoms with van der Waals surface area (Å²) in [5, 5.41) is 11.5. The Balaban J connectivity index is 1.72. The fraction of sp³-hybridized carbons (Fsp3) is 0.370. The Morgan fingerprint density at radius 3 is 2.47 bits per heavy atom. The molecule has 0 spiro atoms. The summed E-state index contributed by atoms with van der Waals surface area (Å²) < 4.78 is 28.2. The van der Waals surface area contributed by atoms with Crippen LogP contribution in [0, 0.1) is 12.3 Å². The standard InChI is InChI=1S/C27H30N4O4S/c1-17-7-9-18(10-8-17)36(34,35)31-15-12-21-23-19(11-13-28-22(23)16-29-25(21)31)20-6-5-14-30(26(32)33)24(20)27(2,3)4/h7-13,15-16,20,24H,5-6,14H2,1-4H3,(H,32,33). The summed E-state index contributed by atoms with van der Waals surface area (Å²) in [5.74, 6) is -0.0667. The number of carbonyl (C=O) groups is 1. The number of hydrogen-bond donors (Lipinski definition) is 1. The van der Waals surface area contributed by atoms with E-state index in [2.05, 4.69) is 30.7 Å². The second-order valence-electron chi connectivity index (χ2n) is 10.6. The molecule has 0 aliphatic carbocycles. The van der Waals surface area contributed by atoms with E-state index in [9.17, 15) is 18.3 Å². The van der Waals surface area contributed by atoms with E-state index in [1.807, 2.05) is 13.0 Å². The highest BCUT2D eigenvalue weighted by Gasteiger charge is 2.43. The maximum absolute atomic E-state index is 13.5. The van der Waals surface area contributed by atoms with E-state index in [0.29, 0.717) is 23.1 Å². The number of aromatic nitrogens is 3. The van der Waals surface area contributed by atoms with Crippen molar-refractivity contribution in [1.29, 1.82) is 0 Å². The summed E-state index contributed by atoms with van der Waals surface area (Å²) in [4.78, 5) is 22.9. The molecule has 1 aromatic carbocycles. The van der Waals surface area contributed by atoms with E-state index >= 15 is 0 Å². The number of benzene rings is 1. The third kappa shape index (κ3) is 3.91. The van der Waals surface area contributed by atoms with Gasteiger partial charge in [-0.25, -0.2) is 22.2 Å². The zero-order chi connectivity index (χ0) is 25.8. The molecule has 2 unspecified atom stereocenters. The van der Waals surface area contributed by atoms with Gasteiger partial charge in [0.2, 0.25) is 0 Å². The number of nitrogens with zero attached hydrogens (tertiary/aromatic N) is 4. The minimum absolute atomic E-state index is 0.0667. The van der Waals surface area contributed by atoms with Crippen LogP contribution in [0.2, 0.25) is 0 Å². The molecule has 8 nitrogen and oxygen atoms in total. The lowest BCUT2D eigenvalue weighted by Gasteiger charge is -2.47. The van der Waals surface area contributed by atoms with Gasteiger partial charge < -0.3 is 10.0 Å². The first-order chi connectivity index (χ1) is 17.0. The van der Waals surface area contributed by atoms with Crippen molar-refractivity contribution in [2.75, 3.05) is 6.54 Å². The first-order valence-corrected chi connectivity index (χ1v) is 13.5. The molecule has 2 atom stereocenters. The zero-order valence-corrected chi connectivity index (χ0v) is 21.7. The van der Waals surface area contributed by atoms with Gasteiger partial charge in [0, 0.05) is 41.7 Å². The Labute approximate surface area is 210 Å². The highest BCUT2D eigenvalue weighted by molar-refractivity contribution is 7.90. The first-order valence-electron chi connectivity index (χ1n) is 12.1. The van der Waals surface area contributed by atoms with E-state index < -0.39 is 16.1 Å². The van der Waals surface area contributed by atoms with Crippen molar-refractivity contribution in [3.05, 3.63) is 66.1 Å². The van der Waals surface area contributed by atoms with Gasteiger partial charge >= 0.3 is 6.09 Å². The van der Waals surface area contributed by atoms with E-state index in [4.69, 9.17) is 0 Å². The molecule has 0 radical (unpaired) electrons. The minimum Gasteiger partial charge on any atom is -0.465 e. The summed E-state index contributed by atoms with van der Waals surface area (Å²) in [7, 11) is -3.85. The van der Waals surface area contributed by atoms with E-state index in [1.165, 1.54) is 10.2 Å². The number of amides is 1. The molecule has 3 aromatic heterocycles. The molecule has 188 valence electrons. The summed E-state index contributed by atoms with van der Waals surface area (Å²) in [6.07, 6.45) is 5.53.